The molecule has 2 rings (SSSR count). The molecule has 0 aliphatic carbocycles. The lowest BCUT2D eigenvalue weighted by Gasteiger charge is -2.49. The predicted molar refractivity (Wildman–Crippen MR) is 125 cm³/mol. The van der Waals surface area contributed by atoms with Gasteiger partial charge in [0.05, 0.1) is 32.2 Å². The number of ether oxygens (including phenoxy) is 3. The van der Waals surface area contributed by atoms with E-state index in [9.17, 15) is 24.7 Å². The first-order chi connectivity index (χ1) is 15.6. The average Bonchev–Trinajstić information content (AvgIpc) is 2.73. The van der Waals surface area contributed by atoms with Gasteiger partial charge in [-0.25, -0.2) is 0 Å². The molecule has 9 heteroatoms. The molecule has 2 heterocycles. The number of nitrogens with zero attached hydrogens (tertiary/aromatic N) is 1. The highest BCUT2D eigenvalue weighted by Crippen LogP contribution is 2.33. The number of quaternary nitrogens is 1. The van der Waals surface area contributed by atoms with Gasteiger partial charge in [-0.1, -0.05) is 26.8 Å². The van der Waals surface area contributed by atoms with Crippen molar-refractivity contribution < 1.29 is 38.3 Å². The van der Waals surface area contributed by atoms with E-state index in [-0.39, 0.29) is 29.5 Å². The molecule has 1 saturated heterocycles. The van der Waals surface area contributed by atoms with E-state index in [0.29, 0.717) is 12.8 Å². The highest BCUT2D eigenvalue weighted by molar-refractivity contribution is 5.92. The third-order valence-corrected chi connectivity index (χ3v) is 7.02. The summed E-state index contributed by atoms with van der Waals surface area (Å²) in [4.78, 5) is 38.0. The van der Waals surface area contributed by atoms with Crippen LogP contribution in [-0.2, 0) is 28.6 Å². The number of likely N-dealkylation sites (N-methyl/N-ethyl adjacent to an activating group) is 1. The lowest BCUT2D eigenvalue weighted by molar-refractivity contribution is -0.874. The molecule has 10 atom stereocenters. The van der Waals surface area contributed by atoms with Crippen LogP contribution in [0.5, 0.6) is 0 Å². The number of ketones is 2. The second-order valence-corrected chi connectivity index (χ2v) is 10.6. The van der Waals surface area contributed by atoms with E-state index in [1.165, 1.54) is 27.1 Å². The molecule has 0 aromatic heterocycles. The van der Waals surface area contributed by atoms with E-state index in [4.69, 9.17) is 14.2 Å². The molecule has 0 bridgehead atoms. The van der Waals surface area contributed by atoms with Crippen molar-refractivity contribution in [2.24, 2.45) is 23.7 Å². The maximum atomic E-state index is 13.1. The zero-order valence-electron chi connectivity index (χ0n) is 21.6. The van der Waals surface area contributed by atoms with Crippen molar-refractivity contribution in [3.8, 4) is 0 Å². The minimum absolute atomic E-state index is 0.0904. The highest BCUT2D eigenvalue weighted by atomic mass is 16.7. The van der Waals surface area contributed by atoms with Gasteiger partial charge in [-0.2, -0.15) is 0 Å². The molecular formula is C25H41NO8. The molecule has 34 heavy (non-hydrogen) atoms. The van der Waals surface area contributed by atoms with Gasteiger partial charge in [0.1, 0.15) is 6.04 Å². The fourth-order valence-electron chi connectivity index (χ4n) is 4.91. The lowest BCUT2D eigenvalue weighted by atomic mass is 9.84. The summed E-state index contributed by atoms with van der Waals surface area (Å²) >= 11 is 0. The van der Waals surface area contributed by atoms with E-state index in [1.807, 2.05) is 13.8 Å². The van der Waals surface area contributed by atoms with Crippen LogP contribution in [0.4, 0.5) is 0 Å². The third kappa shape index (κ3) is 6.95. The Morgan fingerprint density at radius 3 is 2.32 bits per heavy atom. The summed E-state index contributed by atoms with van der Waals surface area (Å²) in [6.45, 7) is 10.2. The van der Waals surface area contributed by atoms with Crippen LogP contribution in [0.3, 0.4) is 0 Å². The van der Waals surface area contributed by atoms with Crippen LogP contribution in [0.2, 0.25) is 0 Å². The summed E-state index contributed by atoms with van der Waals surface area (Å²) < 4.78 is 16.9. The standard InChI is InChI=1S/C25H41NO8/c1-13-9-10-20(28)14(2)11-15(3)22(17(5)24(30)33-23(13)18(6)27)34-25-21(29)19(26(7,8)31)12-16(4)32-25/h9-10,13-17,19,21-23,25,29H,11-12H2,1-8H3/b10-9+/t13-,14-,15+,16-,17-,19+,21-,22+,23+,25?/m1/s1. The van der Waals surface area contributed by atoms with E-state index in [2.05, 4.69) is 0 Å². The van der Waals surface area contributed by atoms with E-state index in [1.54, 1.807) is 26.8 Å². The number of hydroxylamine groups is 3. The topological polar surface area (TPSA) is 122 Å². The van der Waals surface area contributed by atoms with E-state index >= 15 is 0 Å². The van der Waals surface area contributed by atoms with Gasteiger partial charge in [0.15, 0.2) is 30.1 Å². The number of rotatable bonds is 4. The van der Waals surface area contributed by atoms with Gasteiger partial charge in [0.2, 0.25) is 0 Å². The molecule has 1 unspecified atom stereocenters. The van der Waals surface area contributed by atoms with Crippen molar-refractivity contribution in [1.29, 1.82) is 0 Å². The molecule has 0 amide bonds. The number of Topliss-reactive ketones (excluding diaryl/α,β-unsaturated/α-hetero) is 1. The number of aliphatic hydroxyl groups is 1. The van der Waals surface area contributed by atoms with Crippen LogP contribution >= 0.6 is 0 Å². The number of carbonyl (C=O) groups excluding carboxylic acids is 3. The maximum absolute atomic E-state index is 13.1. The third-order valence-electron chi connectivity index (χ3n) is 7.02. The summed E-state index contributed by atoms with van der Waals surface area (Å²) in [5.41, 5.74) is 0. The van der Waals surface area contributed by atoms with Gasteiger partial charge >= 0.3 is 5.97 Å². The second-order valence-electron chi connectivity index (χ2n) is 10.6. The van der Waals surface area contributed by atoms with Crippen LogP contribution in [0.25, 0.3) is 0 Å². The molecule has 0 radical (unpaired) electrons. The Bertz CT molecular complexity index is 775. The van der Waals surface area contributed by atoms with Gasteiger partial charge in [0, 0.05) is 18.3 Å². The van der Waals surface area contributed by atoms with Crippen LogP contribution in [0.1, 0.15) is 54.4 Å². The Labute approximate surface area is 202 Å². The largest absolute Gasteiger partial charge is 0.633 e. The zero-order chi connectivity index (χ0) is 26.0. The van der Waals surface area contributed by atoms with Crippen LogP contribution < -0.4 is 0 Å². The van der Waals surface area contributed by atoms with Crippen LogP contribution in [0.15, 0.2) is 12.2 Å². The number of hydrogen-bond donors (Lipinski definition) is 1. The molecular weight excluding hydrogens is 442 g/mol. The molecule has 194 valence electrons. The predicted octanol–water partition coefficient (Wildman–Crippen LogP) is 2.38. The molecule has 0 saturated carbocycles. The summed E-state index contributed by atoms with van der Waals surface area (Å²) in [5, 5.41) is 23.5. The SMILES string of the molecule is CC(=O)[C@H]1OC(=O)[C@H](C)[C@@H](OC2O[C@H](C)C[C@H]([N+](C)(C)[O-])[C@H]2O)[C@@H](C)C[C@@H](C)C(=O)/C=C/[C@H]1C. The fraction of sp³-hybridized carbons (Fsp3) is 0.800. The van der Waals surface area contributed by atoms with E-state index in [0.717, 1.165) is 0 Å². The van der Waals surface area contributed by atoms with Crippen molar-refractivity contribution >= 4 is 17.5 Å². The van der Waals surface area contributed by atoms with E-state index < -0.39 is 53.1 Å². The molecule has 1 N–H and O–H groups in total. The first-order valence-corrected chi connectivity index (χ1v) is 12.1. The Kier molecular flexibility index (Phi) is 9.58. The number of aliphatic hydroxyl groups excluding tert-OH is 1. The molecule has 2 aliphatic rings. The Balaban J connectivity index is 2.38. The smallest absolute Gasteiger partial charge is 0.312 e. The molecule has 0 aromatic carbocycles. The minimum atomic E-state index is -1.20. The summed E-state index contributed by atoms with van der Waals surface area (Å²) in [6.07, 6.45) is -0.599. The monoisotopic (exact) mass is 483 g/mol. The van der Waals surface area contributed by atoms with Crippen molar-refractivity contribution in [3.05, 3.63) is 17.4 Å². The van der Waals surface area contributed by atoms with Gasteiger partial charge in [0.25, 0.3) is 0 Å². The Morgan fingerprint density at radius 1 is 1.15 bits per heavy atom. The van der Waals surface area contributed by atoms with Gasteiger partial charge in [-0.3, -0.25) is 14.4 Å². The number of cyclic esters (lactones) is 1. The summed E-state index contributed by atoms with van der Waals surface area (Å²) in [7, 11) is 2.93. The first kappa shape index (κ1) is 28.6. The van der Waals surface area contributed by atoms with Crippen LogP contribution in [-0.4, -0.2) is 78.1 Å². The van der Waals surface area contributed by atoms with Gasteiger partial charge in [-0.05, 0) is 39.2 Å². The molecule has 0 spiro atoms. The zero-order valence-corrected chi connectivity index (χ0v) is 21.6. The number of esters is 1. The average molecular weight is 484 g/mol. The normalized spacial score (nSPS) is 41.7. The number of allylic oxidation sites excluding steroid dienone is 1. The number of carbonyl (C=O) groups is 3. The van der Waals surface area contributed by atoms with Crippen molar-refractivity contribution in [3.63, 3.8) is 0 Å². The Morgan fingerprint density at radius 2 is 1.76 bits per heavy atom. The second kappa shape index (κ2) is 11.4. The van der Waals surface area contributed by atoms with Crippen molar-refractivity contribution in [2.45, 2.75) is 91.1 Å². The highest BCUT2D eigenvalue weighted by Gasteiger charge is 2.46. The summed E-state index contributed by atoms with van der Waals surface area (Å²) in [6, 6.07) is -0.661. The van der Waals surface area contributed by atoms with Crippen molar-refractivity contribution in [2.75, 3.05) is 14.1 Å². The molecule has 2 aliphatic heterocycles. The maximum Gasteiger partial charge on any atom is 0.312 e. The quantitative estimate of drug-likeness (QED) is 0.367. The molecule has 9 nitrogen and oxygen atoms in total. The minimum Gasteiger partial charge on any atom is -0.633 e. The first-order valence-electron chi connectivity index (χ1n) is 12.1. The number of hydrogen-bond acceptors (Lipinski definition) is 8. The van der Waals surface area contributed by atoms with Crippen LogP contribution in [0, 0.1) is 28.9 Å². The van der Waals surface area contributed by atoms with Crippen molar-refractivity contribution in [1.82, 2.24) is 0 Å². The lowest BCUT2D eigenvalue weighted by Crippen LogP contribution is -2.61. The fourth-order valence-corrected chi connectivity index (χ4v) is 4.91. The van der Waals surface area contributed by atoms with Gasteiger partial charge < -0.3 is 29.2 Å². The Hall–Kier alpha value is -1.65. The van der Waals surface area contributed by atoms with Gasteiger partial charge in [-0.15, -0.1) is 0 Å². The molecule has 1 fully saturated rings. The summed E-state index contributed by atoms with van der Waals surface area (Å²) in [5.74, 6) is -2.93. The molecule has 0 aromatic rings.